The van der Waals surface area contributed by atoms with E-state index in [4.69, 9.17) is 9.36 Å². The molecule has 7 atom stereocenters. The van der Waals surface area contributed by atoms with Gasteiger partial charge in [-0.05, 0) is 58.6 Å². The summed E-state index contributed by atoms with van der Waals surface area (Å²) in [6, 6.07) is 6.07. The highest BCUT2D eigenvalue weighted by atomic mass is 16.6. The van der Waals surface area contributed by atoms with Crippen molar-refractivity contribution < 1.29 is 29.2 Å². The Morgan fingerprint density at radius 1 is 1.11 bits per heavy atom. The van der Waals surface area contributed by atoms with Gasteiger partial charge < -0.3 is 19.6 Å². The van der Waals surface area contributed by atoms with Gasteiger partial charge in [-0.2, -0.15) is 0 Å². The van der Waals surface area contributed by atoms with Gasteiger partial charge in [-0.3, -0.25) is 14.5 Å². The molecule has 2 saturated carbocycles. The third-order valence-electron chi connectivity index (χ3n) is 8.38. The Bertz CT molecular complexity index is 1230. The molecule has 9 nitrogen and oxygen atoms in total. The number of amides is 2. The van der Waals surface area contributed by atoms with E-state index in [0.29, 0.717) is 30.9 Å². The van der Waals surface area contributed by atoms with Gasteiger partial charge in [0.05, 0.1) is 29.8 Å². The fourth-order valence-corrected chi connectivity index (χ4v) is 6.73. The highest BCUT2D eigenvalue weighted by Crippen LogP contribution is 2.49. The molecule has 1 aromatic carbocycles. The molecule has 0 radical (unpaired) electrons. The molecule has 3 aliphatic rings. The van der Waals surface area contributed by atoms with Crippen molar-refractivity contribution in [1.82, 2.24) is 10.1 Å². The minimum atomic E-state index is -1.10. The van der Waals surface area contributed by atoms with Crippen LogP contribution in [-0.2, 0) is 14.4 Å². The summed E-state index contributed by atoms with van der Waals surface area (Å²) >= 11 is 0. The number of carbonyl (C=O) groups excluding carboxylic acids is 2. The fraction of sp³-hybridized carbons (Fsp3) is 0.571. The molecule has 2 amide bonds. The predicted octanol–water partition coefficient (Wildman–Crippen LogP) is 3.47. The number of fused-ring (bicyclic) bond motifs is 3. The number of imide groups is 1. The normalized spacial score (nSPS) is 31.4. The summed E-state index contributed by atoms with van der Waals surface area (Å²) in [7, 11) is 0. The molecule has 37 heavy (non-hydrogen) atoms. The highest BCUT2D eigenvalue weighted by molar-refractivity contribution is 6.06. The zero-order valence-corrected chi connectivity index (χ0v) is 22.0. The maximum Gasteiger partial charge on any atom is 0.233 e. The number of nitrogens with zero attached hydrogens (tertiary/aromatic N) is 3. The van der Waals surface area contributed by atoms with Crippen molar-refractivity contribution in [1.29, 1.82) is 0 Å². The number of carbonyl (C=O) groups is 2. The number of aliphatic hydroxyl groups excluding tert-OH is 2. The van der Waals surface area contributed by atoms with Crippen molar-refractivity contribution in [3.63, 3.8) is 0 Å². The van der Waals surface area contributed by atoms with Gasteiger partial charge >= 0.3 is 0 Å². The van der Waals surface area contributed by atoms with Crippen LogP contribution in [0.3, 0.4) is 0 Å². The molecule has 9 heteroatoms. The number of aromatic nitrogens is 1. The van der Waals surface area contributed by atoms with Crippen molar-refractivity contribution in [3.8, 4) is 11.3 Å². The SMILES string of the molecule is CCN1C(=O)[C@H]2[C@H]3[C@H](O)[C@H](O)C/C(=N\O[C@@H](C)c4cc(-c5c(C)cc(C)cc5C)no4)[C@@H]3CC[C@H]2C1=O. The first-order valence-electron chi connectivity index (χ1n) is 13.1. The summed E-state index contributed by atoms with van der Waals surface area (Å²) < 4.78 is 5.59. The van der Waals surface area contributed by atoms with Crippen LogP contribution in [-0.4, -0.2) is 56.5 Å². The van der Waals surface area contributed by atoms with Gasteiger partial charge in [0.2, 0.25) is 11.8 Å². The lowest BCUT2D eigenvalue weighted by Crippen LogP contribution is -2.54. The second kappa shape index (κ2) is 9.68. The van der Waals surface area contributed by atoms with Gasteiger partial charge in [-0.25, -0.2) is 0 Å². The number of oxime groups is 1. The van der Waals surface area contributed by atoms with Crippen molar-refractivity contribution >= 4 is 17.5 Å². The van der Waals surface area contributed by atoms with Crippen LogP contribution >= 0.6 is 0 Å². The molecule has 2 aromatic rings. The van der Waals surface area contributed by atoms with Crippen LogP contribution in [0, 0.1) is 44.4 Å². The minimum absolute atomic E-state index is 0.148. The van der Waals surface area contributed by atoms with Gasteiger partial charge in [0, 0.05) is 36.4 Å². The summed E-state index contributed by atoms with van der Waals surface area (Å²) in [5, 5.41) is 30.2. The van der Waals surface area contributed by atoms with Crippen LogP contribution < -0.4 is 0 Å². The number of aliphatic hydroxyl groups is 2. The average molecular weight is 510 g/mol. The maximum atomic E-state index is 13.1. The molecule has 2 aliphatic carbocycles. The topological polar surface area (TPSA) is 125 Å². The molecular weight excluding hydrogens is 474 g/mol. The van der Waals surface area contributed by atoms with Crippen LogP contribution in [0.4, 0.5) is 0 Å². The van der Waals surface area contributed by atoms with Crippen LogP contribution in [0.5, 0.6) is 0 Å². The Morgan fingerprint density at radius 2 is 1.78 bits per heavy atom. The molecule has 1 aromatic heterocycles. The van der Waals surface area contributed by atoms with Gasteiger partial charge in [-0.1, -0.05) is 28.0 Å². The molecule has 198 valence electrons. The van der Waals surface area contributed by atoms with Crippen molar-refractivity contribution in [2.45, 2.75) is 72.2 Å². The smallest absolute Gasteiger partial charge is 0.233 e. The van der Waals surface area contributed by atoms with E-state index in [1.807, 2.05) is 26.8 Å². The van der Waals surface area contributed by atoms with Crippen molar-refractivity contribution in [3.05, 3.63) is 40.6 Å². The fourth-order valence-electron chi connectivity index (χ4n) is 6.73. The van der Waals surface area contributed by atoms with E-state index >= 15 is 0 Å². The molecule has 0 bridgehead atoms. The highest BCUT2D eigenvalue weighted by Gasteiger charge is 2.59. The number of benzene rings is 1. The minimum Gasteiger partial charge on any atom is -0.390 e. The molecule has 0 spiro atoms. The first-order valence-corrected chi connectivity index (χ1v) is 13.1. The molecular formula is C28H35N3O6. The standard InChI is InChI=1S/C28H35N3O6/c1-6-31-27(34)18-8-7-17-19(11-21(32)26(33)24(17)25(18)28(31)35)29-36-16(5)22-12-20(30-37-22)23-14(3)9-13(2)10-15(23)4/h9-10,12,16-18,21,24-26,32-33H,6-8,11H2,1-5H3/b29-19+/t16-,17-,18+,21+,24-,25+,26+/m0/s1. The first kappa shape index (κ1) is 25.6. The largest absolute Gasteiger partial charge is 0.390 e. The molecule has 1 aliphatic heterocycles. The number of hydrogen-bond donors (Lipinski definition) is 2. The number of hydrogen-bond acceptors (Lipinski definition) is 8. The number of rotatable bonds is 5. The van der Waals surface area contributed by atoms with Crippen LogP contribution in [0.15, 0.2) is 27.9 Å². The summed E-state index contributed by atoms with van der Waals surface area (Å²) in [5.41, 5.74) is 5.78. The first-order chi connectivity index (χ1) is 17.6. The van der Waals surface area contributed by atoms with Gasteiger partial charge in [-0.15, -0.1) is 0 Å². The quantitative estimate of drug-likeness (QED) is 0.467. The molecule has 2 heterocycles. The summed E-state index contributed by atoms with van der Waals surface area (Å²) in [6.45, 7) is 10.0. The van der Waals surface area contributed by atoms with E-state index in [1.54, 1.807) is 6.92 Å². The van der Waals surface area contributed by atoms with Crippen LogP contribution in [0.1, 0.15) is 61.7 Å². The number of aryl methyl sites for hydroxylation is 3. The van der Waals surface area contributed by atoms with Gasteiger partial charge in [0.15, 0.2) is 11.9 Å². The second-order valence-corrected chi connectivity index (χ2v) is 10.8. The van der Waals surface area contributed by atoms with E-state index in [1.165, 1.54) is 10.5 Å². The monoisotopic (exact) mass is 509 g/mol. The zero-order chi connectivity index (χ0) is 26.6. The van der Waals surface area contributed by atoms with E-state index in [-0.39, 0.29) is 24.2 Å². The summed E-state index contributed by atoms with van der Waals surface area (Å²) in [6.07, 6.45) is -1.42. The third kappa shape index (κ3) is 4.28. The second-order valence-electron chi connectivity index (χ2n) is 10.8. The Morgan fingerprint density at radius 3 is 2.46 bits per heavy atom. The molecule has 3 fully saturated rings. The lowest BCUT2D eigenvalue weighted by molar-refractivity contribution is -0.141. The van der Waals surface area contributed by atoms with E-state index in [2.05, 4.69) is 29.4 Å². The van der Waals surface area contributed by atoms with Crippen molar-refractivity contribution in [2.75, 3.05) is 6.54 Å². The van der Waals surface area contributed by atoms with Crippen molar-refractivity contribution in [2.24, 2.45) is 28.8 Å². The lowest BCUT2D eigenvalue weighted by Gasteiger charge is -2.45. The Kier molecular flexibility index (Phi) is 6.70. The predicted molar refractivity (Wildman–Crippen MR) is 135 cm³/mol. The maximum absolute atomic E-state index is 13.1. The molecule has 2 N–H and O–H groups in total. The van der Waals surface area contributed by atoms with E-state index < -0.39 is 36.1 Å². The average Bonchev–Trinajstić information content (AvgIpc) is 3.42. The summed E-state index contributed by atoms with van der Waals surface area (Å²) in [4.78, 5) is 32.9. The van der Waals surface area contributed by atoms with Gasteiger partial charge in [0.25, 0.3) is 0 Å². The van der Waals surface area contributed by atoms with Crippen LogP contribution in [0.25, 0.3) is 11.3 Å². The molecule has 5 rings (SSSR count). The van der Waals surface area contributed by atoms with E-state index in [0.717, 1.165) is 22.4 Å². The van der Waals surface area contributed by atoms with Gasteiger partial charge in [0.1, 0.15) is 5.69 Å². The Balaban J connectivity index is 1.36. The van der Waals surface area contributed by atoms with Crippen LogP contribution in [0.2, 0.25) is 0 Å². The zero-order valence-electron chi connectivity index (χ0n) is 22.0. The third-order valence-corrected chi connectivity index (χ3v) is 8.38. The van der Waals surface area contributed by atoms with E-state index in [9.17, 15) is 19.8 Å². The molecule has 0 unspecified atom stereocenters. The Labute approximate surface area is 216 Å². The lowest BCUT2D eigenvalue weighted by atomic mass is 9.60. The Hall–Kier alpha value is -3.04. The molecule has 1 saturated heterocycles. The summed E-state index contributed by atoms with van der Waals surface area (Å²) in [5.74, 6) is -1.82. The number of likely N-dealkylation sites (tertiary alicyclic amines) is 1.